The molecule has 0 radical (unpaired) electrons. The van der Waals surface area contributed by atoms with Gasteiger partial charge in [0, 0.05) is 13.2 Å². The van der Waals surface area contributed by atoms with E-state index in [9.17, 15) is 8.42 Å². The first kappa shape index (κ1) is 8.83. The van der Waals surface area contributed by atoms with E-state index in [0.717, 1.165) is 0 Å². The standard InChI is InChI=1S/C3H10N2O3S/c4-3-5-1-2-9(6,7)8/h5H,1-4H2,(H,6,7,8). The molecule has 56 valence electrons. The van der Waals surface area contributed by atoms with Crippen molar-refractivity contribution in [3.63, 3.8) is 0 Å². The van der Waals surface area contributed by atoms with Crippen molar-refractivity contribution >= 4 is 10.1 Å². The monoisotopic (exact) mass is 154 g/mol. The van der Waals surface area contributed by atoms with Crippen molar-refractivity contribution < 1.29 is 13.0 Å². The number of nitrogens with two attached hydrogens (primary N) is 1. The van der Waals surface area contributed by atoms with Gasteiger partial charge in [0.2, 0.25) is 0 Å². The van der Waals surface area contributed by atoms with Crippen LogP contribution in [0, 0.1) is 0 Å². The Bertz CT molecular complexity index is 152. The lowest BCUT2D eigenvalue weighted by Gasteiger charge is -1.96. The summed E-state index contributed by atoms with van der Waals surface area (Å²) in [5.41, 5.74) is 4.97. The Balaban J connectivity index is 3.30. The van der Waals surface area contributed by atoms with Gasteiger partial charge in [0.25, 0.3) is 10.1 Å². The van der Waals surface area contributed by atoms with Gasteiger partial charge in [0.1, 0.15) is 0 Å². The highest BCUT2D eigenvalue weighted by molar-refractivity contribution is 7.85. The van der Waals surface area contributed by atoms with Crippen molar-refractivity contribution in [2.24, 2.45) is 5.73 Å². The third-order valence-electron chi connectivity index (χ3n) is 0.681. The molecule has 0 atom stereocenters. The molecule has 0 rings (SSSR count). The quantitative estimate of drug-likeness (QED) is 0.257. The maximum atomic E-state index is 9.98. The Morgan fingerprint density at radius 1 is 1.56 bits per heavy atom. The maximum Gasteiger partial charge on any atom is 0.266 e. The number of nitrogens with one attached hydrogen (secondary N) is 1. The van der Waals surface area contributed by atoms with E-state index in [1.807, 2.05) is 0 Å². The molecule has 0 bridgehead atoms. The molecule has 0 amide bonds. The molecule has 0 aromatic heterocycles. The van der Waals surface area contributed by atoms with Gasteiger partial charge in [-0.15, -0.1) is 0 Å². The highest BCUT2D eigenvalue weighted by Crippen LogP contribution is 1.76. The molecule has 5 nitrogen and oxygen atoms in total. The molecule has 0 aromatic rings. The van der Waals surface area contributed by atoms with Crippen molar-refractivity contribution in [3.05, 3.63) is 0 Å². The first-order valence-electron chi connectivity index (χ1n) is 2.42. The van der Waals surface area contributed by atoms with Gasteiger partial charge in [0.05, 0.1) is 5.75 Å². The molecule has 0 saturated heterocycles. The van der Waals surface area contributed by atoms with Gasteiger partial charge < -0.3 is 11.1 Å². The smallest absolute Gasteiger partial charge is 0.266 e. The number of hydrogen-bond donors (Lipinski definition) is 3. The fourth-order valence-electron chi connectivity index (χ4n) is 0.303. The molecule has 4 N–H and O–H groups in total. The van der Waals surface area contributed by atoms with Crippen LogP contribution in [0.3, 0.4) is 0 Å². The minimum atomic E-state index is -3.81. The topological polar surface area (TPSA) is 92.4 Å². The Kier molecular flexibility index (Phi) is 3.71. The van der Waals surface area contributed by atoms with Gasteiger partial charge in [-0.3, -0.25) is 4.55 Å². The van der Waals surface area contributed by atoms with Crippen LogP contribution in [0.25, 0.3) is 0 Å². The third-order valence-corrected chi connectivity index (χ3v) is 1.40. The van der Waals surface area contributed by atoms with Crippen molar-refractivity contribution in [1.29, 1.82) is 0 Å². The van der Waals surface area contributed by atoms with Crippen LogP contribution in [0.5, 0.6) is 0 Å². The highest BCUT2D eigenvalue weighted by atomic mass is 32.2. The average molecular weight is 154 g/mol. The minimum Gasteiger partial charge on any atom is -0.318 e. The van der Waals surface area contributed by atoms with Crippen LogP contribution in [-0.2, 0) is 10.1 Å². The Labute approximate surface area is 54.0 Å². The second kappa shape index (κ2) is 3.78. The molecule has 0 aliphatic rings. The largest absolute Gasteiger partial charge is 0.318 e. The Morgan fingerprint density at radius 2 is 2.11 bits per heavy atom. The average Bonchev–Trinajstić information content (AvgIpc) is 1.63. The van der Waals surface area contributed by atoms with Crippen LogP contribution < -0.4 is 11.1 Å². The SMILES string of the molecule is NCNCCS(=O)(=O)O. The van der Waals surface area contributed by atoms with Crippen LogP contribution in [0.1, 0.15) is 0 Å². The summed E-state index contributed by atoms with van der Waals surface area (Å²) in [4.78, 5) is 0. The molecule has 0 fully saturated rings. The molecule has 0 heterocycles. The lowest BCUT2D eigenvalue weighted by molar-refractivity contribution is 0.481. The lowest BCUT2D eigenvalue weighted by Crippen LogP contribution is -2.27. The van der Waals surface area contributed by atoms with Crippen LogP contribution in [-0.4, -0.2) is 31.9 Å². The summed E-state index contributed by atoms with van der Waals surface area (Å²) >= 11 is 0. The van der Waals surface area contributed by atoms with Crippen LogP contribution >= 0.6 is 0 Å². The summed E-state index contributed by atoms with van der Waals surface area (Å²) in [6, 6.07) is 0. The van der Waals surface area contributed by atoms with Gasteiger partial charge in [-0.05, 0) is 0 Å². The fourth-order valence-corrected chi connectivity index (χ4v) is 0.705. The molecular formula is C3H10N2O3S. The summed E-state index contributed by atoms with van der Waals surface area (Å²) < 4.78 is 28.1. The Hall–Kier alpha value is -0.170. The zero-order chi connectivity index (χ0) is 7.33. The van der Waals surface area contributed by atoms with E-state index in [1.165, 1.54) is 0 Å². The predicted octanol–water partition coefficient (Wildman–Crippen LogP) is -1.62. The van der Waals surface area contributed by atoms with E-state index < -0.39 is 10.1 Å². The predicted molar refractivity (Wildman–Crippen MR) is 33.5 cm³/mol. The van der Waals surface area contributed by atoms with Gasteiger partial charge in [-0.2, -0.15) is 8.42 Å². The summed E-state index contributed by atoms with van der Waals surface area (Å²) in [5, 5.41) is 2.54. The summed E-state index contributed by atoms with van der Waals surface area (Å²) in [6.07, 6.45) is 0. The molecule has 0 aliphatic heterocycles. The van der Waals surface area contributed by atoms with Gasteiger partial charge in [-0.1, -0.05) is 0 Å². The number of hydrogen-bond acceptors (Lipinski definition) is 4. The summed E-state index contributed by atoms with van der Waals surface area (Å²) in [6.45, 7) is 0.408. The Morgan fingerprint density at radius 3 is 2.44 bits per heavy atom. The third kappa shape index (κ3) is 7.83. The summed E-state index contributed by atoms with van der Waals surface area (Å²) in [7, 11) is -3.81. The van der Waals surface area contributed by atoms with Gasteiger partial charge in [0.15, 0.2) is 0 Å². The lowest BCUT2D eigenvalue weighted by atomic mass is 10.7. The van der Waals surface area contributed by atoms with Crippen LogP contribution in [0.4, 0.5) is 0 Å². The molecule has 6 heteroatoms. The molecule has 9 heavy (non-hydrogen) atoms. The zero-order valence-electron chi connectivity index (χ0n) is 4.87. The highest BCUT2D eigenvalue weighted by Gasteiger charge is 2.00. The van der Waals surface area contributed by atoms with Crippen LogP contribution in [0.2, 0.25) is 0 Å². The van der Waals surface area contributed by atoms with E-state index in [2.05, 4.69) is 5.32 Å². The normalized spacial score (nSPS) is 11.8. The summed E-state index contributed by atoms with van der Waals surface area (Å²) in [5.74, 6) is -0.288. The molecular weight excluding hydrogens is 144 g/mol. The second-order valence-corrected chi connectivity index (χ2v) is 3.06. The minimum absolute atomic E-state index is 0.190. The van der Waals surface area contributed by atoms with E-state index >= 15 is 0 Å². The fraction of sp³-hybridized carbons (Fsp3) is 1.00. The van der Waals surface area contributed by atoms with Crippen molar-refractivity contribution in [2.75, 3.05) is 19.0 Å². The molecule has 0 aromatic carbocycles. The first-order valence-corrected chi connectivity index (χ1v) is 4.03. The molecule has 0 saturated carbocycles. The van der Waals surface area contributed by atoms with E-state index in [-0.39, 0.29) is 19.0 Å². The van der Waals surface area contributed by atoms with E-state index in [0.29, 0.717) is 0 Å². The van der Waals surface area contributed by atoms with E-state index in [4.69, 9.17) is 10.3 Å². The van der Waals surface area contributed by atoms with Gasteiger partial charge >= 0.3 is 0 Å². The van der Waals surface area contributed by atoms with Crippen molar-refractivity contribution in [1.82, 2.24) is 5.32 Å². The molecule has 0 unspecified atom stereocenters. The zero-order valence-corrected chi connectivity index (χ0v) is 5.69. The van der Waals surface area contributed by atoms with Crippen LogP contribution in [0.15, 0.2) is 0 Å². The number of rotatable bonds is 4. The second-order valence-electron chi connectivity index (χ2n) is 1.49. The van der Waals surface area contributed by atoms with Crippen molar-refractivity contribution in [3.8, 4) is 0 Å². The van der Waals surface area contributed by atoms with E-state index in [1.54, 1.807) is 0 Å². The van der Waals surface area contributed by atoms with Crippen molar-refractivity contribution in [2.45, 2.75) is 0 Å². The molecule has 0 spiro atoms. The maximum absolute atomic E-state index is 9.98. The van der Waals surface area contributed by atoms with Gasteiger partial charge in [-0.25, -0.2) is 0 Å². The first-order chi connectivity index (χ1) is 4.06. The molecule has 0 aliphatic carbocycles.